The molecule has 0 spiro atoms. The van der Waals surface area contributed by atoms with E-state index in [4.69, 9.17) is 5.73 Å². The predicted octanol–water partition coefficient (Wildman–Crippen LogP) is 2.40. The van der Waals surface area contributed by atoms with Gasteiger partial charge in [-0.15, -0.1) is 0 Å². The molecule has 0 unspecified atom stereocenters. The first-order valence-electron chi connectivity index (χ1n) is 5.65. The zero-order valence-corrected chi connectivity index (χ0v) is 10.1. The van der Waals surface area contributed by atoms with Gasteiger partial charge in [0.25, 0.3) is 0 Å². The number of nitrogens with two attached hydrogens (primary N) is 1. The number of carbonyl (C=O) groups is 1. The number of nitrogens with zero attached hydrogens (tertiary/aromatic N) is 1. The number of ketones is 1. The van der Waals surface area contributed by atoms with Crippen molar-refractivity contribution in [2.75, 3.05) is 6.54 Å². The van der Waals surface area contributed by atoms with Crippen molar-refractivity contribution in [1.82, 2.24) is 4.98 Å². The molecule has 2 N–H and O–H groups in total. The number of carbonyl (C=O) groups excluding carboxylic acids is 1. The lowest BCUT2D eigenvalue weighted by Gasteiger charge is -2.21. The van der Waals surface area contributed by atoms with Crippen LogP contribution >= 0.6 is 0 Å². The Morgan fingerprint density at radius 2 is 2.00 bits per heavy atom. The standard InChI is InChI=1S/C14H16N2O/c1-14(2,9-15)13(17)11-7-3-5-10-6-4-8-16-12(10)11/h3-8H,9,15H2,1-2H3. The van der Waals surface area contributed by atoms with Crippen LogP contribution in [0.5, 0.6) is 0 Å². The predicted molar refractivity (Wildman–Crippen MR) is 68.9 cm³/mol. The first-order valence-corrected chi connectivity index (χ1v) is 5.65. The fourth-order valence-corrected chi connectivity index (χ4v) is 1.74. The van der Waals surface area contributed by atoms with Crippen LogP contribution in [0.3, 0.4) is 0 Å². The Morgan fingerprint density at radius 1 is 1.29 bits per heavy atom. The second-order valence-electron chi connectivity index (χ2n) is 4.80. The average molecular weight is 228 g/mol. The molecule has 2 aromatic rings. The van der Waals surface area contributed by atoms with E-state index in [9.17, 15) is 4.79 Å². The van der Waals surface area contributed by atoms with Gasteiger partial charge in [-0.2, -0.15) is 0 Å². The molecule has 1 aromatic heterocycles. The number of rotatable bonds is 3. The molecule has 1 aromatic carbocycles. The van der Waals surface area contributed by atoms with Gasteiger partial charge in [-0.3, -0.25) is 9.78 Å². The highest BCUT2D eigenvalue weighted by molar-refractivity contribution is 6.09. The maximum Gasteiger partial charge on any atom is 0.171 e. The van der Waals surface area contributed by atoms with E-state index in [-0.39, 0.29) is 5.78 Å². The fourth-order valence-electron chi connectivity index (χ4n) is 1.74. The van der Waals surface area contributed by atoms with Gasteiger partial charge in [0.1, 0.15) is 0 Å². The van der Waals surface area contributed by atoms with Gasteiger partial charge in [0.15, 0.2) is 5.78 Å². The molecule has 1 heterocycles. The minimum atomic E-state index is -0.550. The van der Waals surface area contributed by atoms with Crippen LogP contribution in [-0.2, 0) is 0 Å². The summed E-state index contributed by atoms with van der Waals surface area (Å²) >= 11 is 0. The first kappa shape index (κ1) is 11.7. The Kier molecular flexibility index (Phi) is 2.94. The summed E-state index contributed by atoms with van der Waals surface area (Å²) in [6.45, 7) is 4.04. The molecular formula is C14H16N2O. The summed E-state index contributed by atoms with van der Waals surface area (Å²) in [5.41, 5.74) is 6.50. The fraction of sp³-hybridized carbons (Fsp3) is 0.286. The number of hydrogen-bond donors (Lipinski definition) is 1. The quantitative estimate of drug-likeness (QED) is 0.821. The molecule has 0 radical (unpaired) electrons. The van der Waals surface area contributed by atoms with Gasteiger partial charge in [0.05, 0.1) is 5.52 Å². The Balaban J connectivity index is 2.60. The third-order valence-electron chi connectivity index (χ3n) is 3.00. The van der Waals surface area contributed by atoms with Gasteiger partial charge in [-0.1, -0.05) is 32.0 Å². The molecule has 0 aliphatic rings. The number of aromatic nitrogens is 1. The van der Waals surface area contributed by atoms with Gasteiger partial charge < -0.3 is 5.73 Å². The highest BCUT2D eigenvalue weighted by Gasteiger charge is 2.28. The summed E-state index contributed by atoms with van der Waals surface area (Å²) in [5, 5.41) is 0.978. The lowest BCUT2D eigenvalue weighted by molar-refractivity contribution is 0.0849. The van der Waals surface area contributed by atoms with E-state index in [0.29, 0.717) is 12.1 Å². The number of para-hydroxylation sites is 1. The zero-order valence-electron chi connectivity index (χ0n) is 10.1. The molecule has 3 nitrogen and oxygen atoms in total. The second kappa shape index (κ2) is 4.26. The van der Waals surface area contributed by atoms with Crippen LogP contribution in [0.15, 0.2) is 36.5 Å². The number of fused-ring (bicyclic) bond motifs is 1. The number of Topliss-reactive ketones (excluding diaryl/α,β-unsaturated/α-hetero) is 1. The average Bonchev–Trinajstić information content (AvgIpc) is 2.37. The van der Waals surface area contributed by atoms with E-state index >= 15 is 0 Å². The minimum Gasteiger partial charge on any atom is -0.329 e. The van der Waals surface area contributed by atoms with Crippen LogP contribution in [0.1, 0.15) is 24.2 Å². The Hall–Kier alpha value is -1.74. The normalized spacial score (nSPS) is 11.7. The summed E-state index contributed by atoms with van der Waals surface area (Å²) < 4.78 is 0. The first-order chi connectivity index (χ1) is 8.06. The Bertz CT molecular complexity index is 556. The minimum absolute atomic E-state index is 0.0456. The van der Waals surface area contributed by atoms with Crippen LogP contribution in [0.2, 0.25) is 0 Å². The SMILES string of the molecule is CC(C)(CN)C(=O)c1cccc2cccnc12. The molecule has 17 heavy (non-hydrogen) atoms. The van der Waals surface area contributed by atoms with Crippen molar-refractivity contribution in [2.45, 2.75) is 13.8 Å². The molecule has 2 rings (SSSR count). The summed E-state index contributed by atoms with van der Waals surface area (Å²) in [6.07, 6.45) is 1.70. The summed E-state index contributed by atoms with van der Waals surface area (Å²) in [6, 6.07) is 9.46. The van der Waals surface area contributed by atoms with Crippen molar-refractivity contribution in [3.05, 3.63) is 42.1 Å². The van der Waals surface area contributed by atoms with Crippen molar-refractivity contribution in [2.24, 2.45) is 11.1 Å². The smallest absolute Gasteiger partial charge is 0.171 e. The highest BCUT2D eigenvalue weighted by Crippen LogP contribution is 2.25. The van der Waals surface area contributed by atoms with E-state index in [2.05, 4.69) is 4.98 Å². The Labute approximate surface area is 101 Å². The van der Waals surface area contributed by atoms with Crippen LogP contribution < -0.4 is 5.73 Å². The molecule has 0 saturated heterocycles. The maximum absolute atomic E-state index is 12.4. The van der Waals surface area contributed by atoms with Gasteiger partial charge in [0.2, 0.25) is 0 Å². The molecule has 0 saturated carbocycles. The van der Waals surface area contributed by atoms with Gasteiger partial charge >= 0.3 is 0 Å². The molecule has 3 heteroatoms. The Morgan fingerprint density at radius 3 is 2.71 bits per heavy atom. The van der Waals surface area contributed by atoms with E-state index < -0.39 is 5.41 Å². The lowest BCUT2D eigenvalue weighted by atomic mass is 9.84. The van der Waals surface area contributed by atoms with Crippen molar-refractivity contribution in [3.8, 4) is 0 Å². The third-order valence-corrected chi connectivity index (χ3v) is 3.00. The molecule has 0 aliphatic heterocycles. The molecule has 88 valence electrons. The van der Waals surface area contributed by atoms with Crippen LogP contribution in [0.25, 0.3) is 10.9 Å². The van der Waals surface area contributed by atoms with Crippen LogP contribution in [0.4, 0.5) is 0 Å². The van der Waals surface area contributed by atoms with Crippen molar-refractivity contribution in [3.63, 3.8) is 0 Å². The van der Waals surface area contributed by atoms with Crippen molar-refractivity contribution >= 4 is 16.7 Å². The number of pyridine rings is 1. The summed E-state index contributed by atoms with van der Waals surface area (Å²) in [5.74, 6) is 0.0456. The zero-order chi connectivity index (χ0) is 12.5. The monoisotopic (exact) mass is 228 g/mol. The molecule has 0 fully saturated rings. The van der Waals surface area contributed by atoms with E-state index in [1.807, 2.05) is 44.2 Å². The molecule has 0 bridgehead atoms. The van der Waals surface area contributed by atoms with Crippen LogP contribution in [-0.4, -0.2) is 17.3 Å². The number of hydrogen-bond acceptors (Lipinski definition) is 3. The van der Waals surface area contributed by atoms with Crippen LogP contribution in [0, 0.1) is 5.41 Å². The second-order valence-corrected chi connectivity index (χ2v) is 4.80. The molecular weight excluding hydrogens is 212 g/mol. The highest BCUT2D eigenvalue weighted by atomic mass is 16.1. The number of benzene rings is 1. The molecule has 0 atom stereocenters. The maximum atomic E-state index is 12.4. The van der Waals surface area contributed by atoms with E-state index in [1.54, 1.807) is 6.20 Å². The molecule has 0 amide bonds. The lowest BCUT2D eigenvalue weighted by Crippen LogP contribution is -2.32. The van der Waals surface area contributed by atoms with Gasteiger partial charge in [-0.05, 0) is 12.1 Å². The largest absolute Gasteiger partial charge is 0.329 e. The molecule has 0 aliphatic carbocycles. The van der Waals surface area contributed by atoms with Gasteiger partial charge in [0, 0.05) is 29.1 Å². The topological polar surface area (TPSA) is 56.0 Å². The van der Waals surface area contributed by atoms with E-state index in [0.717, 1.165) is 10.9 Å². The summed E-state index contributed by atoms with van der Waals surface area (Å²) in [7, 11) is 0. The van der Waals surface area contributed by atoms with Crippen molar-refractivity contribution in [1.29, 1.82) is 0 Å². The van der Waals surface area contributed by atoms with Gasteiger partial charge in [-0.25, -0.2) is 0 Å². The third kappa shape index (κ3) is 2.06. The van der Waals surface area contributed by atoms with Crippen molar-refractivity contribution < 1.29 is 4.79 Å². The summed E-state index contributed by atoms with van der Waals surface area (Å²) in [4.78, 5) is 16.7. The van der Waals surface area contributed by atoms with E-state index in [1.165, 1.54) is 0 Å².